The Morgan fingerprint density at radius 3 is 2.40 bits per heavy atom. The lowest BCUT2D eigenvalue weighted by Crippen LogP contribution is -2.46. The number of alkyl halides is 1. The fraction of sp³-hybridized carbons (Fsp3) is 0.727. The molecule has 1 aromatic heterocycles. The van der Waals surface area contributed by atoms with Gasteiger partial charge in [-0.15, -0.1) is 0 Å². The fourth-order valence-corrected chi connectivity index (χ4v) is 4.62. The lowest BCUT2D eigenvalue weighted by molar-refractivity contribution is -0.0391. The molecule has 1 unspecified atom stereocenters. The Morgan fingerprint density at radius 2 is 1.94 bits per heavy atom. The van der Waals surface area contributed by atoms with Gasteiger partial charge in [0.25, 0.3) is 0 Å². The highest BCUT2D eigenvalue weighted by Crippen LogP contribution is 2.31. The number of amides is 1. The molecule has 2 saturated heterocycles. The molecule has 1 amide bonds. The number of likely N-dealkylation sites (tertiary alicyclic amines) is 1. The Hall–Kier alpha value is -1.73. The third-order valence-corrected chi connectivity index (χ3v) is 7.26. The number of pyridine rings is 1. The molecule has 0 aromatic carbocycles. The zero-order chi connectivity index (χ0) is 26.4. The summed E-state index contributed by atoms with van der Waals surface area (Å²) in [6.45, 7) is 7.69. The van der Waals surface area contributed by atoms with Crippen LogP contribution in [0.15, 0.2) is 17.2 Å². The van der Waals surface area contributed by atoms with E-state index in [4.69, 9.17) is 31.3 Å². The Bertz CT molecular complexity index is 960. The lowest BCUT2D eigenvalue weighted by Gasteiger charge is -2.35. The number of piperidine rings is 1. The van der Waals surface area contributed by atoms with E-state index in [0.29, 0.717) is 5.92 Å². The van der Waals surface area contributed by atoms with E-state index in [2.05, 4.69) is 25.8 Å². The van der Waals surface area contributed by atoms with Crippen molar-refractivity contribution >= 4 is 27.7 Å². The monoisotopic (exact) mass is 539 g/mol. The first-order valence-electron chi connectivity index (χ1n) is 11.4. The Kier molecular flexibility index (Phi) is 10.1. The zero-order valence-corrected chi connectivity index (χ0v) is 21.8. The van der Waals surface area contributed by atoms with Crippen LogP contribution in [0.25, 0.3) is 0 Å². The number of aliphatic hydroxyl groups excluding tert-OH is 1. The van der Waals surface area contributed by atoms with E-state index in [1.165, 1.54) is 0 Å². The molecule has 10 nitrogen and oxygen atoms in total. The summed E-state index contributed by atoms with van der Waals surface area (Å²) in [4.78, 5) is 15.4. The average molecular weight is 540 g/mol. The van der Waals surface area contributed by atoms with Crippen LogP contribution < -0.4 is 9.88 Å². The van der Waals surface area contributed by atoms with Gasteiger partial charge in [0.2, 0.25) is 15.9 Å². The van der Waals surface area contributed by atoms with E-state index in [9.17, 15) is 22.7 Å². The number of ether oxygens (including phenoxy) is 2. The van der Waals surface area contributed by atoms with Gasteiger partial charge in [0.05, 0.1) is 12.3 Å². The smallest absolute Gasteiger partial charge is 0.407 e. The van der Waals surface area contributed by atoms with Gasteiger partial charge >= 0.3 is 6.09 Å². The number of hydrogen-bond donors (Lipinski definition) is 3. The van der Waals surface area contributed by atoms with Crippen LogP contribution in [0.5, 0.6) is 5.88 Å². The number of nitrogens with zero attached hydrogens (tertiary/aromatic N) is 2. The SMILES string of the molecule is CC(C)(C)C(O)C1CCOCC1.NS(=O)(=O)c1cnc(OCC2(F)CCN(C(=O)O)CC2)c(Cl)c1. The minimum absolute atomic E-state index is 0.00776. The second kappa shape index (κ2) is 12.0. The van der Waals surface area contributed by atoms with Crippen molar-refractivity contribution in [2.24, 2.45) is 16.5 Å². The minimum atomic E-state index is -3.94. The third kappa shape index (κ3) is 9.02. The van der Waals surface area contributed by atoms with Crippen molar-refractivity contribution in [1.82, 2.24) is 9.88 Å². The van der Waals surface area contributed by atoms with Crippen molar-refractivity contribution < 1.29 is 37.3 Å². The topological polar surface area (TPSA) is 152 Å². The second-order valence-electron chi connectivity index (χ2n) is 9.97. The molecule has 0 saturated carbocycles. The van der Waals surface area contributed by atoms with Gasteiger partial charge in [0.15, 0.2) is 0 Å². The van der Waals surface area contributed by atoms with E-state index in [1.807, 2.05) is 0 Å². The average Bonchev–Trinajstić information content (AvgIpc) is 2.78. The highest BCUT2D eigenvalue weighted by atomic mass is 35.5. The summed E-state index contributed by atoms with van der Waals surface area (Å²) in [6.07, 6.45) is 1.71. The summed E-state index contributed by atoms with van der Waals surface area (Å²) in [7, 11) is -3.94. The van der Waals surface area contributed by atoms with Crippen LogP contribution in [0, 0.1) is 11.3 Å². The number of halogens is 2. The Balaban J connectivity index is 0.000000303. The number of nitrogens with two attached hydrogens (primary N) is 1. The van der Waals surface area contributed by atoms with Gasteiger partial charge in [0, 0.05) is 39.1 Å². The van der Waals surface area contributed by atoms with Gasteiger partial charge in [-0.25, -0.2) is 27.7 Å². The maximum Gasteiger partial charge on any atom is 0.407 e. The van der Waals surface area contributed by atoms with Crippen molar-refractivity contribution in [2.75, 3.05) is 32.9 Å². The van der Waals surface area contributed by atoms with Gasteiger partial charge < -0.3 is 24.6 Å². The summed E-state index contributed by atoms with van der Waals surface area (Å²) in [5, 5.41) is 23.6. The molecule has 2 aliphatic heterocycles. The predicted octanol–water partition coefficient (Wildman–Crippen LogP) is 3.06. The van der Waals surface area contributed by atoms with Crippen LogP contribution >= 0.6 is 11.6 Å². The molecule has 0 aliphatic carbocycles. The number of primary sulfonamides is 1. The molecule has 4 N–H and O–H groups in total. The summed E-state index contributed by atoms with van der Waals surface area (Å²) < 4.78 is 47.4. The molecule has 13 heteroatoms. The highest BCUT2D eigenvalue weighted by Gasteiger charge is 2.37. The van der Waals surface area contributed by atoms with Crippen LogP contribution in [0.2, 0.25) is 5.02 Å². The number of rotatable bonds is 5. The van der Waals surface area contributed by atoms with E-state index < -0.39 is 21.8 Å². The zero-order valence-electron chi connectivity index (χ0n) is 20.2. The molecule has 2 aliphatic rings. The molecule has 2 fully saturated rings. The van der Waals surface area contributed by atoms with Crippen molar-refractivity contribution in [3.8, 4) is 5.88 Å². The van der Waals surface area contributed by atoms with Crippen LogP contribution in [0.3, 0.4) is 0 Å². The van der Waals surface area contributed by atoms with Gasteiger partial charge in [-0.2, -0.15) is 0 Å². The second-order valence-corrected chi connectivity index (χ2v) is 11.9. The van der Waals surface area contributed by atoms with E-state index >= 15 is 0 Å². The Morgan fingerprint density at radius 1 is 1.37 bits per heavy atom. The molecular weight excluding hydrogens is 505 g/mol. The number of carboxylic acid groups (broad SMARTS) is 1. The Labute approximate surface area is 210 Å². The van der Waals surface area contributed by atoms with Gasteiger partial charge in [0.1, 0.15) is 22.2 Å². The molecule has 0 spiro atoms. The summed E-state index contributed by atoms with van der Waals surface area (Å²) >= 11 is 5.85. The number of sulfonamides is 1. The summed E-state index contributed by atoms with van der Waals surface area (Å²) in [5.41, 5.74) is -1.68. The van der Waals surface area contributed by atoms with E-state index in [-0.39, 0.29) is 59.9 Å². The molecule has 3 heterocycles. The van der Waals surface area contributed by atoms with Crippen molar-refractivity contribution in [3.63, 3.8) is 0 Å². The lowest BCUT2D eigenvalue weighted by atomic mass is 9.78. The predicted molar refractivity (Wildman–Crippen MR) is 128 cm³/mol. The van der Waals surface area contributed by atoms with Gasteiger partial charge in [-0.05, 0) is 30.2 Å². The maximum absolute atomic E-state index is 14.6. The molecule has 200 valence electrons. The van der Waals surface area contributed by atoms with Crippen LogP contribution in [-0.4, -0.2) is 79.3 Å². The normalized spacial score (nSPS) is 19.9. The van der Waals surface area contributed by atoms with E-state index in [1.54, 1.807) is 0 Å². The molecule has 0 radical (unpaired) electrons. The first-order valence-corrected chi connectivity index (χ1v) is 13.3. The quantitative estimate of drug-likeness (QED) is 0.516. The molecule has 3 rings (SSSR count). The minimum Gasteiger partial charge on any atom is -0.473 e. The van der Waals surface area contributed by atoms with Crippen molar-refractivity contribution in [1.29, 1.82) is 0 Å². The molecule has 1 atom stereocenters. The maximum atomic E-state index is 14.6. The fourth-order valence-electron chi connectivity index (χ4n) is 3.85. The van der Waals surface area contributed by atoms with Crippen molar-refractivity contribution in [3.05, 3.63) is 17.3 Å². The van der Waals surface area contributed by atoms with Gasteiger partial charge in [-0.3, -0.25) is 0 Å². The number of hydrogen-bond acceptors (Lipinski definition) is 7. The van der Waals surface area contributed by atoms with Crippen LogP contribution in [0.4, 0.5) is 9.18 Å². The van der Waals surface area contributed by atoms with Crippen LogP contribution in [0.1, 0.15) is 46.5 Å². The van der Waals surface area contributed by atoms with E-state index in [0.717, 1.165) is 43.2 Å². The standard InChI is InChI=1S/C12H15ClFN3O5S.C10H20O2/c13-9-5-8(23(15,20)21)6-16-10(9)22-7-12(14)1-3-17(4-2-12)11(18)19;1-10(2,3)9(11)8-4-6-12-7-5-8/h5-6H,1-4,7H2,(H,18,19)(H2,15,20,21);8-9,11H,4-7H2,1-3H3. The molecule has 35 heavy (non-hydrogen) atoms. The first kappa shape index (κ1) is 29.5. The largest absolute Gasteiger partial charge is 0.473 e. The first-order chi connectivity index (χ1) is 16.1. The third-order valence-electron chi connectivity index (χ3n) is 6.11. The molecular formula is C22H35ClFN3O7S. The summed E-state index contributed by atoms with van der Waals surface area (Å²) in [5.74, 6) is 0.329. The molecule has 0 bridgehead atoms. The number of aromatic nitrogens is 1. The number of aliphatic hydroxyl groups is 1. The summed E-state index contributed by atoms with van der Waals surface area (Å²) in [6, 6.07) is 1.07. The highest BCUT2D eigenvalue weighted by molar-refractivity contribution is 7.89. The van der Waals surface area contributed by atoms with Crippen molar-refractivity contribution in [2.45, 2.75) is 63.1 Å². The molecule has 1 aromatic rings. The number of carbonyl (C=O) groups is 1. The van der Waals surface area contributed by atoms with Gasteiger partial charge in [-0.1, -0.05) is 32.4 Å². The van der Waals surface area contributed by atoms with Crippen LogP contribution in [-0.2, 0) is 14.8 Å².